The van der Waals surface area contributed by atoms with Crippen LogP contribution in [0.2, 0.25) is 0 Å². The highest BCUT2D eigenvalue weighted by molar-refractivity contribution is 5.85. The number of carboxylic acid groups (broad SMARTS) is 1. The van der Waals surface area contributed by atoms with Crippen LogP contribution in [0.3, 0.4) is 0 Å². The number of nitrogens with zero attached hydrogens (tertiary/aromatic N) is 1. The minimum absolute atomic E-state index is 0.0253. The van der Waals surface area contributed by atoms with Gasteiger partial charge in [0.25, 0.3) is 0 Å². The van der Waals surface area contributed by atoms with Crippen molar-refractivity contribution in [1.82, 2.24) is 10.6 Å². The van der Waals surface area contributed by atoms with Crippen LogP contribution in [0.25, 0.3) is 0 Å². The molecule has 0 radical (unpaired) electrons. The van der Waals surface area contributed by atoms with E-state index in [1.165, 1.54) is 13.0 Å². The first kappa shape index (κ1) is 22.6. The summed E-state index contributed by atoms with van der Waals surface area (Å²) in [7, 11) is 0. The maximum atomic E-state index is 11.6. The first-order valence-corrected chi connectivity index (χ1v) is 8.33. The number of carbonyl (C=O) groups excluding carboxylic acids is 1. The highest BCUT2D eigenvalue weighted by atomic mass is 16.5. The Balaban J connectivity index is 3.18. The average Bonchev–Trinajstić information content (AvgIpc) is 2.61. The second kappa shape index (κ2) is 10.7. The van der Waals surface area contributed by atoms with E-state index >= 15 is 0 Å². The fourth-order valence-corrected chi connectivity index (χ4v) is 2.51. The van der Waals surface area contributed by atoms with E-state index in [2.05, 4.69) is 15.6 Å². The van der Waals surface area contributed by atoms with Gasteiger partial charge in [0.15, 0.2) is 5.96 Å². The molecule has 0 fully saturated rings. The number of aliphatic imine (C=N–C) groups is 1. The number of hydrogen-bond acceptors (Lipinski definition) is 8. The monoisotopic (exact) mass is 389 g/mol. The van der Waals surface area contributed by atoms with Crippen LogP contribution in [0.5, 0.6) is 0 Å². The van der Waals surface area contributed by atoms with Crippen LogP contribution in [0.4, 0.5) is 0 Å². The number of aliphatic carboxylic acids is 1. The van der Waals surface area contributed by atoms with Crippen LogP contribution in [-0.2, 0) is 14.3 Å². The minimum atomic E-state index is -1.69. The summed E-state index contributed by atoms with van der Waals surface area (Å²) in [6.45, 7) is 1.19. The van der Waals surface area contributed by atoms with Crippen molar-refractivity contribution >= 4 is 17.8 Å². The van der Waals surface area contributed by atoms with Crippen molar-refractivity contribution in [1.29, 1.82) is 0 Å². The van der Waals surface area contributed by atoms with Crippen molar-refractivity contribution in [3.63, 3.8) is 0 Å². The lowest BCUT2D eigenvalue weighted by molar-refractivity contribution is -0.146. The first-order chi connectivity index (χ1) is 12.7. The molecular formula is C15H27N5O7. The molecule has 0 saturated carbocycles. The number of hydrogen-bond donors (Lipinski definition) is 8. The zero-order chi connectivity index (χ0) is 20.6. The van der Waals surface area contributed by atoms with Crippen molar-refractivity contribution in [3.05, 3.63) is 11.8 Å². The van der Waals surface area contributed by atoms with Crippen molar-refractivity contribution in [2.75, 3.05) is 19.7 Å². The molecule has 12 nitrogen and oxygen atoms in total. The summed E-state index contributed by atoms with van der Waals surface area (Å²) in [6.07, 6.45) is -2.92. The largest absolute Gasteiger partial charge is 0.478 e. The third-order valence-corrected chi connectivity index (χ3v) is 3.79. The topological polar surface area (TPSA) is 213 Å². The molecule has 0 unspecified atom stereocenters. The Hall–Kier alpha value is -2.41. The van der Waals surface area contributed by atoms with Crippen molar-refractivity contribution in [3.8, 4) is 0 Å². The van der Waals surface area contributed by atoms with Gasteiger partial charge in [0.1, 0.15) is 18.3 Å². The Kier molecular flexibility index (Phi) is 8.94. The molecule has 12 heteroatoms. The molecule has 1 rings (SSSR count). The quantitative estimate of drug-likeness (QED) is 0.109. The van der Waals surface area contributed by atoms with E-state index in [-0.39, 0.29) is 5.96 Å². The van der Waals surface area contributed by atoms with Gasteiger partial charge in [0.05, 0.1) is 18.7 Å². The number of rotatable bonds is 9. The molecule has 0 aromatic heterocycles. The van der Waals surface area contributed by atoms with Gasteiger partial charge in [-0.25, -0.2) is 4.79 Å². The van der Waals surface area contributed by atoms with E-state index in [0.29, 0.717) is 19.5 Å². The summed E-state index contributed by atoms with van der Waals surface area (Å²) in [5.74, 6) is -2.45. The fourth-order valence-electron chi connectivity index (χ4n) is 2.51. The molecule has 0 aromatic rings. The second-order valence-electron chi connectivity index (χ2n) is 5.96. The van der Waals surface area contributed by atoms with E-state index in [0.717, 1.165) is 0 Å². The molecule has 0 spiro atoms. The van der Waals surface area contributed by atoms with E-state index in [4.69, 9.17) is 21.3 Å². The van der Waals surface area contributed by atoms with Gasteiger partial charge in [-0.2, -0.15) is 0 Å². The van der Waals surface area contributed by atoms with Gasteiger partial charge in [0.2, 0.25) is 11.7 Å². The van der Waals surface area contributed by atoms with Crippen molar-refractivity contribution < 1.29 is 34.8 Å². The van der Waals surface area contributed by atoms with E-state index < -0.39 is 54.6 Å². The molecule has 1 amide bonds. The molecule has 1 aliphatic heterocycles. The van der Waals surface area contributed by atoms with Gasteiger partial charge in [0, 0.05) is 13.5 Å². The van der Waals surface area contributed by atoms with Crippen LogP contribution < -0.4 is 22.1 Å². The fraction of sp³-hybridized carbons (Fsp3) is 0.667. The van der Waals surface area contributed by atoms with Crippen LogP contribution >= 0.6 is 0 Å². The Morgan fingerprint density at radius 2 is 2.04 bits per heavy atom. The molecule has 0 saturated heterocycles. The zero-order valence-corrected chi connectivity index (χ0v) is 14.9. The Morgan fingerprint density at radius 3 is 2.56 bits per heavy atom. The van der Waals surface area contributed by atoms with Crippen molar-refractivity contribution in [2.24, 2.45) is 16.5 Å². The number of ether oxygens (including phenoxy) is 1. The lowest BCUT2D eigenvalue weighted by Crippen LogP contribution is -2.64. The van der Waals surface area contributed by atoms with Crippen LogP contribution in [0.1, 0.15) is 13.3 Å². The highest BCUT2D eigenvalue weighted by Crippen LogP contribution is 2.23. The predicted octanol–water partition coefficient (Wildman–Crippen LogP) is -3.81. The summed E-state index contributed by atoms with van der Waals surface area (Å²) >= 11 is 0. The normalized spacial score (nSPS) is 25.0. The summed E-state index contributed by atoms with van der Waals surface area (Å²) < 4.78 is 5.25. The number of carboxylic acids is 1. The smallest absolute Gasteiger partial charge is 0.370 e. The minimum Gasteiger partial charge on any atom is -0.478 e. The molecular weight excluding hydrogens is 362 g/mol. The summed E-state index contributed by atoms with van der Waals surface area (Å²) in [5.41, 5.74) is 11.2. The first-order valence-electron chi connectivity index (χ1n) is 8.33. The molecule has 0 bridgehead atoms. The number of nitrogens with one attached hydrogen (secondary N) is 2. The molecule has 5 atom stereocenters. The standard InChI is InChI=1S/C15H27N5O7/c1-7(22)19-11-8(20-15(17)18-4-2-3-16)5-10(14(25)26)27-13(11)12(24)9(23)6-21/h5,8-9,11-13,21,23-24H,2-4,6,16H2,1H3,(H,19,22)(H,25,26)(H3,17,18,20)/t8-,9+,11+,12+,13+/m0/s1. The van der Waals surface area contributed by atoms with Gasteiger partial charge >= 0.3 is 5.97 Å². The number of carbonyl (C=O) groups is 2. The number of aliphatic hydroxyl groups excluding tert-OH is 3. The van der Waals surface area contributed by atoms with Crippen LogP contribution in [-0.4, -0.2) is 88.4 Å². The average molecular weight is 389 g/mol. The van der Waals surface area contributed by atoms with E-state index in [1.807, 2.05) is 0 Å². The molecule has 10 N–H and O–H groups in total. The molecule has 27 heavy (non-hydrogen) atoms. The third kappa shape index (κ3) is 6.67. The number of aliphatic hydroxyl groups is 3. The van der Waals surface area contributed by atoms with Gasteiger partial charge in [-0.1, -0.05) is 0 Å². The Bertz CT molecular complexity index is 583. The van der Waals surface area contributed by atoms with E-state index in [1.54, 1.807) is 0 Å². The SMILES string of the molecule is CC(=O)N[C@H]1[C@H]([C@H](O)[C@H](O)CO)OC(C(=O)O)=C[C@@H]1NC(N)=NCCCN. The summed E-state index contributed by atoms with van der Waals surface area (Å²) in [5, 5.41) is 43.6. The summed E-state index contributed by atoms with van der Waals surface area (Å²) in [6, 6.07) is -1.93. The van der Waals surface area contributed by atoms with Gasteiger partial charge in [-0.3, -0.25) is 9.79 Å². The second-order valence-corrected chi connectivity index (χ2v) is 5.96. The predicted molar refractivity (Wildman–Crippen MR) is 94.4 cm³/mol. The molecule has 154 valence electrons. The molecule has 1 heterocycles. The zero-order valence-electron chi connectivity index (χ0n) is 14.9. The maximum absolute atomic E-state index is 11.6. The number of nitrogens with two attached hydrogens (primary N) is 2. The number of guanidine groups is 1. The van der Waals surface area contributed by atoms with Gasteiger partial charge < -0.3 is 47.3 Å². The van der Waals surface area contributed by atoms with Gasteiger partial charge in [-0.15, -0.1) is 0 Å². The summed E-state index contributed by atoms with van der Waals surface area (Å²) in [4.78, 5) is 27.0. The van der Waals surface area contributed by atoms with Crippen molar-refractivity contribution in [2.45, 2.75) is 43.7 Å². The Labute approximate surface area is 155 Å². The third-order valence-electron chi connectivity index (χ3n) is 3.79. The maximum Gasteiger partial charge on any atom is 0.370 e. The lowest BCUT2D eigenvalue weighted by atomic mass is 9.92. The van der Waals surface area contributed by atoms with Crippen LogP contribution in [0, 0.1) is 0 Å². The molecule has 0 aliphatic carbocycles. The lowest BCUT2D eigenvalue weighted by Gasteiger charge is -2.40. The van der Waals surface area contributed by atoms with Gasteiger partial charge in [-0.05, 0) is 19.0 Å². The Morgan fingerprint density at radius 1 is 1.37 bits per heavy atom. The van der Waals surface area contributed by atoms with Crippen LogP contribution in [0.15, 0.2) is 16.8 Å². The number of amides is 1. The highest BCUT2D eigenvalue weighted by Gasteiger charge is 2.43. The molecule has 1 aliphatic rings. The molecule has 0 aromatic carbocycles. The van der Waals surface area contributed by atoms with E-state index in [9.17, 15) is 24.9 Å².